The smallest absolute Gasteiger partial charge is 0.239 e. The van der Waals surface area contributed by atoms with Gasteiger partial charge in [-0.15, -0.1) is 12.4 Å². The second-order valence-corrected chi connectivity index (χ2v) is 5.29. The molecule has 0 saturated heterocycles. The summed E-state index contributed by atoms with van der Waals surface area (Å²) in [4.78, 5) is 13.6. The molecule has 0 spiro atoms. The van der Waals surface area contributed by atoms with Gasteiger partial charge >= 0.3 is 0 Å². The molecule has 114 valence electrons. The van der Waals surface area contributed by atoms with Crippen molar-refractivity contribution < 1.29 is 9.53 Å². The van der Waals surface area contributed by atoms with Crippen LogP contribution >= 0.6 is 24.2 Å². The summed E-state index contributed by atoms with van der Waals surface area (Å²) >= 11 is 1.70. The first-order valence-electron chi connectivity index (χ1n) is 6.32. The van der Waals surface area contributed by atoms with E-state index in [2.05, 4.69) is 0 Å². The fraction of sp³-hybridized carbons (Fsp3) is 0.500. The predicted molar refractivity (Wildman–Crippen MR) is 87.8 cm³/mol. The standard InChI is InChI=1S/C14H22N2O2S.ClH/c1-16(14(17)13(15)8-11-19-2)9-10-18-12-6-4-3-5-7-12;/h3-7,13H,8-11,15H2,1-2H3;1H/t13-;/m0./s1. The first kappa shape index (κ1) is 19.1. The first-order chi connectivity index (χ1) is 9.15. The molecule has 0 heterocycles. The van der Waals surface area contributed by atoms with E-state index in [0.717, 1.165) is 11.5 Å². The Kier molecular flexibility index (Phi) is 10.3. The lowest BCUT2D eigenvalue weighted by Gasteiger charge is -2.21. The van der Waals surface area contributed by atoms with Crippen LogP contribution in [0.3, 0.4) is 0 Å². The largest absolute Gasteiger partial charge is 0.492 e. The summed E-state index contributed by atoms with van der Waals surface area (Å²) in [5.41, 5.74) is 5.84. The summed E-state index contributed by atoms with van der Waals surface area (Å²) in [5.74, 6) is 1.70. The van der Waals surface area contributed by atoms with E-state index in [9.17, 15) is 4.79 Å². The Hall–Kier alpha value is -0.910. The maximum atomic E-state index is 11.9. The number of halogens is 1. The van der Waals surface area contributed by atoms with E-state index in [0.29, 0.717) is 19.6 Å². The number of carbonyl (C=O) groups is 1. The zero-order chi connectivity index (χ0) is 14.1. The molecule has 20 heavy (non-hydrogen) atoms. The minimum Gasteiger partial charge on any atom is -0.492 e. The Balaban J connectivity index is 0.00000361. The van der Waals surface area contributed by atoms with Gasteiger partial charge in [0, 0.05) is 7.05 Å². The molecule has 0 aromatic heterocycles. The number of thioether (sulfide) groups is 1. The highest BCUT2D eigenvalue weighted by molar-refractivity contribution is 7.98. The number of rotatable bonds is 8. The molecule has 0 fully saturated rings. The minimum absolute atomic E-state index is 0. The maximum absolute atomic E-state index is 11.9. The van der Waals surface area contributed by atoms with Crippen LogP contribution in [0.4, 0.5) is 0 Å². The fourth-order valence-corrected chi connectivity index (χ4v) is 2.07. The zero-order valence-corrected chi connectivity index (χ0v) is 13.6. The number of carbonyl (C=O) groups excluding carboxylic acids is 1. The molecular formula is C14H23ClN2O2S. The number of hydrogen-bond donors (Lipinski definition) is 1. The Morgan fingerprint density at radius 3 is 2.65 bits per heavy atom. The number of nitrogens with two attached hydrogens (primary N) is 1. The number of likely N-dealkylation sites (N-methyl/N-ethyl adjacent to an activating group) is 1. The van der Waals surface area contributed by atoms with E-state index < -0.39 is 6.04 Å². The molecule has 0 bridgehead atoms. The van der Waals surface area contributed by atoms with Crippen LogP contribution in [0.2, 0.25) is 0 Å². The topological polar surface area (TPSA) is 55.6 Å². The van der Waals surface area contributed by atoms with E-state index in [1.54, 1.807) is 23.7 Å². The van der Waals surface area contributed by atoms with Crippen LogP contribution in [0.15, 0.2) is 30.3 Å². The van der Waals surface area contributed by atoms with Gasteiger partial charge < -0.3 is 15.4 Å². The Labute approximate surface area is 131 Å². The number of benzene rings is 1. The highest BCUT2D eigenvalue weighted by Crippen LogP contribution is 2.08. The minimum atomic E-state index is -0.408. The number of nitrogens with zero attached hydrogens (tertiary/aromatic N) is 1. The maximum Gasteiger partial charge on any atom is 0.239 e. The summed E-state index contributed by atoms with van der Waals surface area (Å²) in [5, 5.41) is 0. The van der Waals surface area contributed by atoms with Crippen molar-refractivity contribution in [3.8, 4) is 5.75 Å². The molecule has 1 amide bonds. The van der Waals surface area contributed by atoms with Crippen LogP contribution in [0, 0.1) is 0 Å². The van der Waals surface area contributed by atoms with Crippen LogP contribution in [-0.2, 0) is 4.79 Å². The molecule has 4 nitrogen and oxygen atoms in total. The van der Waals surface area contributed by atoms with Crippen molar-refractivity contribution in [1.29, 1.82) is 0 Å². The van der Waals surface area contributed by atoms with E-state index in [4.69, 9.17) is 10.5 Å². The molecule has 1 rings (SSSR count). The van der Waals surface area contributed by atoms with E-state index in [-0.39, 0.29) is 18.3 Å². The Morgan fingerprint density at radius 2 is 2.05 bits per heavy atom. The van der Waals surface area contributed by atoms with Gasteiger partial charge in [0.2, 0.25) is 5.91 Å². The molecule has 0 radical (unpaired) electrons. The van der Waals surface area contributed by atoms with Gasteiger partial charge in [-0.25, -0.2) is 0 Å². The Morgan fingerprint density at radius 1 is 1.40 bits per heavy atom. The van der Waals surface area contributed by atoms with Crippen molar-refractivity contribution in [3.05, 3.63) is 30.3 Å². The molecule has 0 aliphatic carbocycles. The van der Waals surface area contributed by atoms with Gasteiger partial charge in [0.25, 0.3) is 0 Å². The summed E-state index contributed by atoms with van der Waals surface area (Å²) in [6.45, 7) is 1.02. The van der Waals surface area contributed by atoms with Crippen molar-refractivity contribution in [2.45, 2.75) is 12.5 Å². The lowest BCUT2D eigenvalue weighted by atomic mass is 10.2. The third kappa shape index (κ3) is 7.03. The van der Waals surface area contributed by atoms with Gasteiger partial charge in [-0.2, -0.15) is 11.8 Å². The predicted octanol–water partition coefficient (Wildman–Crippen LogP) is 2.03. The van der Waals surface area contributed by atoms with Crippen LogP contribution < -0.4 is 10.5 Å². The molecule has 0 unspecified atom stereocenters. The van der Waals surface area contributed by atoms with Crippen LogP contribution in [0.25, 0.3) is 0 Å². The molecule has 2 N–H and O–H groups in total. The molecule has 1 atom stereocenters. The van der Waals surface area contributed by atoms with Crippen LogP contribution in [0.1, 0.15) is 6.42 Å². The lowest BCUT2D eigenvalue weighted by Crippen LogP contribution is -2.43. The molecule has 0 saturated carbocycles. The highest BCUT2D eigenvalue weighted by atomic mass is 35.5. The number of ether oxygens (including phenoxy) is 1. The second-order valence-electron chi connectivity index (χ2n) is 4.31. The molecule has 6 heteroatoms. The third-order valence-corrected chi connectivity index (χ3v) is 3.41. The van der Waals surface area contributed by atoms with Gasteiger partial charge in [-0.1, -0.05) is 18.2 Å². The first-order valence-corrected chi connectivity index (χ1v) is 7.72. The average molecular weight is 319 g/mol. The molecule has 0 aliphatic rings. The van der Waals surface area contributed by atoms with Gasteiger partial charge in [-0.05, 0) is 30.6 Å². The Bertz CT molecular complexity index is 379. The number of amides is 1. The van der Waals surface area contributed by atoms with Gasteiger partial charge in [0.15, 0.2) is 0 Å². The van der Waals surface area contributed by atoms with E-state index in [1.165, 1.54) is 0 Å². The van der Waals surface area contributed by atoms with Gasteiger partial charge in [0.1, 0.15) is 12.4 Å². The van der Waals surface area contributed by atoms with Crippen LogP contribution in [0.5, 0.6) is 5.75 Å². The van der Waals surface area contributed by atoms with Crippen molar-refractivity contribution in [2.75, 3.05) is 32.2 Å². The fourth-order valence-electron chi connectivity index (χ4n) is 1.58. The van der Waals surface area contributed by atoms with Crippen molar-refractivity contribution >= 4 is 30.1 Å². The average Bonchev–Trinajstić information content (AvgIpc) is 2.44. The quantitative estimate of drug-likeness (QED) is 0.797. The van der Waals surface area contributed by atoms with Crippen molar-refractivity contribution in [3.63, 3.8) is 0 Å². The molecular weight excluding hydrogens is 296 g/mol. The lowest BCUT2D eigenvalue weighted by molar-refractivity contribution is -0.131. The zero-order valence-electron chi connectivity index (χ0n) is 12.0. The third-order valence-electron chi connectivity index (χ3n) is 2.77. The SMILES string of the molecule is CSCC[C@H](N)C(=O)N(C)CCOc1ccccc1.Cl. The molecule has 0 aliphatic heterocycles. The summed E-state index contributed by atoms with van der Waals surface area (Å²) in [6, 6.07) is 9.16. The monoisotopic (exact) mass is 318 g/mol. The second kappa shape index (κ2) is 10.8. The summed E-state index contributed by atoms with van der Waals surface area (Å²) in [6.07, 6.45) is 2.72. The van der Waals surface area contributed by atoms with Crippen molar-refractivity contribution in [1.82, 2.24) is 4.90 Å². The highest BCUT2D eigenvalue weighted by Gasteiger charge is 2.17. The normalized spacial score (nSPS) is 11.3. The van der Waals surface area contributed by atoms with Gasteiger partial charge in [0.05, 0.1) is 12.6 Å². The van der Waals surface area contributed by atoms with Gasteiger partial charge in [-0.3, -0.25) is 4.79 Å². The van der Waals surface area contributed by atoms with E-state index >= 15 is 0 Å². The molecule has 1 aromatic rings. The summed E-state index contributed by atoms with van der Waals surface area (Å²) < 4.78 is 5.55. The molecule has 1 aromatic carbocycles. The van der Waals surface area contributed by atoms with Crippen LogP contribution in [-0.4, -0.2) is 49.1 Å². The van der Waals surface area contributed by atoms with Crippen molar-refractivity contribution in [2.24, 2.45) is 5.73 Å². The number of hydrogen-bond acceptors (Lipinski definition) is 4. The number of para-hydroxylation sites is 1. The van der Waals surface area contributed by atoms with E-state index in [1.807, 2.05) is 36.6 Å². The summed E-state index contributed by atoms with van der Waals surface area (Å²) in [7, 11) is 1.76.